The van der Waals surface area contributed by atoms with Crippen molar-refractivity contribution in [1.29, 1.82) is 0 Å². The average molecular weight is 405 g/mol. The highest BCUT2D eigenvalue weighted by molar-refractivity contribution is 8.93. The van der Waals surface area contributed by atoms with Crippen molar-refractivity contribution in [3.05, 3.63) is 82.6 Å². The first-order valence-electron chi connectivity index (χ1n) is 7.22. The van der Waals surface area contributed by atoms with Crippen molar-refractivity contribution >= 4 is 34.5 Å². The van der Waals surface area contributed by atoms with Crippen molar-refractivity contribution in [1.82, 2.24) is 10.2 Å². The molecule has 0 unspecified atom stereocenters. The minimum Gasteiger partial charge on any atom is -0.506 e. The summed E-state index contributed by atoms with van der Waals surface area (Å²) in [5.74, 6) is 0.782. The van der Waals surface area contributed by atoms with Gasteiger partial charge in [-0.15, -0.1) is 27.2 Å². The third-order valence-electron chi connectivity index (χ3n) is 3.27. The molecule has 124 valence electrons. The molecule has 0 saturated carbocycles. The summed E-state index contributed by atoms with van der Waals surface area (Å²) in [5.41, 5.74) is 1.88. The predicted octanol–water partition coefficient (Wildman–Crippen LogP) is 5.28. The average Bonchev–Trinajstić information content (AvgIpc) is 3.02. The number of hydrogen-bond donors (Lipinski definition) is 1. The number of rotatable bonds is 5. The molecular weight excluding hydrogens is 388 g/mol. The number of benzene rings is 2. The molecule has 1 heterocycles. The Bertz CT molecular complexity index is 804. The van der Waals surface area contributed by atoms with Crippen LogP contribution in [0.1, 0.15) is 23.9 Å². The fourth-order valence-corrected chi connectivity index (χ4v) is 2.80. The summed E-state index contributed by atoms with van der Waals surface area (Å²) in [7, 11) is 0. The number of halogens is 1. The summed E-state index contributed by atoms with van der Waals surface area (Å²) >= 11 is 1.27. The molecule has 0 atom stereocenters. The van der Waals surface area contributed by atoms with E-state index in [4.69, 9.17) is 4.42 Å². The molecule has 24 heavy (non-hydrogen) atoms. The van der Waals surface area contributed by atoms with Gasteiger partial charge in [-0.3, -0.25) is 0 Å². The van der Waals surface area contributed by atoms with Crippen LogP contribution in [0.4, 0.5) is 0 Å². The molecule has 0 aliphatic heterocycles. The molecule has 4 nitrogen and oxygen atoms in total. The number of aliphatic hydroxyl groups is 1. The topological polar surface area (TPSA) is 59.2 Å². The van der Waals surface area contributed by atoms with E-state index >= 15 is 0 Å². The van der Waals surface area contributed by atoms with E-state index in [1.165, 1.54) is 11.8 Å². The number of aromatic nitrogens is 2. The first-order valence-corrected chi connectivity index (χ1v) is 8.03. The van der Waals surface area contributed by atoms with Crippen LogP contribution in [0.3, 0.4) is 0 Å². The van der Waals surface area contributed by atoms with E-state index in [0.717, 1.165) is 11.1 Å². The van der Waals surface area contributed by atoms with Crippen LogP contribution in [-0.4, -0.2) is 15.3 Å². The predicted molar refractivity (Wildman–Crippen MR) is 101 cm³/mol. The molecule has 1 N–H and O–H groups in total. The monoisotopic (exact) mass is 404 g/mol. The summed E-state index contributed by atoms with van der Waals surface area (Å²) in [6, 6.07) is 19.3. The number of aliphatic hydroxyl groups excluding tert-OH is 1. The Morgan fingerprint density at radius 3 is 2.29 bits per heavy atom. The highest BCUT2D eigenvalue weighted by Crippen LogP contribution is 2.30. The first kappa shape index (κ1) is 18.3. The van der Waals surface area contributed by atoms with Crippen LogP contribution in [0.5, 0.6) is 0 Å². The SMILES string of the molecule is Br.C/C(Sc1nnc(Cc2ccccc2)o1)=C(\O)c1ccccc1. The van der Waals surface area contributed by atoms with Crippen LogP contribution in [0.2, 0.25) is 0 Å². The fourth-order valence-electron chi connectivity index (χ4n) is 2.10. The second-order valence-corrected chi connectivity index (χ2v) is 6.16. The maximum Gasteiger partial charge on any atom is 0.281 e. The molecule has 0 amide bonds. The van der Waals surface area contributed by atoms with Gasteiger partial charge in [-0.2, -0.15) is 0 Å². The fraction of sp³-hybridized carbons (Fsp3) is 0.111. The molecular formula is C18H17BrN2O2S. The van der Waals surface area contributed by atoms with E-state index in [1.54, 1.807) is 0 Å². The van der Waals surface area contributed by atoms with E-state index in [-0.39, 0.29) is 22.7 Å². The lowest BCUT2D eigenvalue weighted by Crippen LogP contribution is -1.87. The van der Waals surface area contributed by atoms with Crippen molar-refractivity contribution in [2.24, 2.45) is 0 Å². The van der Waals surface area contributed by atoms with Crippen molar-refractivity contribution in [3.63, 3.8) is 0 Å². The summed E-state index contributed by atoms with van der Waals surface area (Å²) in [6.45, 7) is 1.83. The molecule has 3 aromatic rings. The maximum absolute atomic E-state index is 10.3. The van der Waals surface area contributed by atoms with Crippen LogP contribution in [0, 0.1) is 0 Å². The van der Waals surface area contributed by atoms with E-state index in [2.05, 4.69) is 10.2 Å². The van der Waals surface area contributed by atoms with Crippen molar-refractivity contribution < 1.29 is 9.52 Å². The van der Waals surface area contributed by atoms with Crippen LogP contribution < -0.4 is 0 Å². The van der Waals surface area contributed by atoms with Gasteiger partial charge in [0.2, 0.25) is 5.89 Å². The van der Waals surface area contributed by atoms with Crippen LogP contribution in [0.25, 0.3) is 5.76 Å². The van der Waals surface area contributed by atoms with Crippen molar-refractivity contribution in [3.8, 4) is 0 Å². The standard InChI is InChI=1S/C18H16N2O2S.BrH/c1-13(17(21)15-10-6-3-7-11-15)23-18-20-19-16(22-18)12-14-8-4-2-5-9-14;/h2-11,21H,12H2,1H3;1H/b17-13+;. The maximum atomic E-state index is 10.3. The van der Waals surface area contributed by atoms with Crippen LogP contribution in [-0.2, 0) is 6.42 Å². The Balaban J connectivity index is 0.00000208. The van der Waals surface area contributed by atoms with Crippen molar-refractivity contribution in [2.75, 3.05) is 0 Å². The molecule has 3 rings (SSSR count). The Kier molecular flexibility index (Phi) is 6.63. The second-order valence-electron chi connectivity index (χ2n) is 5.00. The van der Waals surface area contributed by atoms with Gasteiger partial charge in [-0.1, -0.05) is 60.7 Å². The number of hydrogen-bond acceptors (Lipinski definition) is 5. The highest BCUT2D eigenvalue weighted by atomic mass is 79.9. The zero-order valence-electron chi connectivity index (χ0n) is 13.0. The molecule has 1 aromatic heterocycles. The zero-order valence-corrected chi connectivity index (χ0v) is 15.6. The lowest BCUT2D eigenvalue weighted by molar-refractivity contribution is 0.420. The minimum absolute atomic E-state index is 0. The summed E-state index contributed by atoms with van der Waals surface area (Å²) in [6.07, 6.45) is 0.599. The lowest BCUT2D eigenvalue weighted by Gasteiger charge is -2.03. The normalized spacial score (nSPS) is 11.5. The molecule has 0 spiro atoms. The van der Waals surface area contributed by atoms with Crippen molar-refractivity contribution in [2.45, 2.75) is 18.6 Å². The largest absolute Gasteiger partial charge is 0.506 e. The van der Waals surface area contributed by atoms with Gasteiger partial charge in [0.25, 0.3) is 5.22 Å². The minimum atomic E-state index is 0. The second kappa shape index (κ2) is 8.70. The highest BCUT2D eigenvalue weighted by Gasteiger charge is 2.11. The summed E-state index contributed by atoms with van der Waals surface area (Å²) in [5, 5.41) is 18.8. The quantitative estimate of drug-likeness (QED) is 0.463. The Hall–Kier alpha value is -2.05. The number of thioether (sulfide) groups is 1. The van der Waals surface area contributed by atoms with E-state index in [1.807, 2.05) is 67.6 Å². The molecule has 6 heteroatoms. The Morgan fingerprint density at radius 2 is 1.62 bits per heavy atom. The molecule has 0 fully saturated rings. The lowest BCUT2D eigenvalue weighted by atomic mass is 10.2. The molecule has 0 bridgehead atoms. The summed E-state index contributed by atoms with van der Waals surface area (Å²) < 4.78 is 5.64. The van der Waals surface area contributed by atoms with Gasteiger partial charge in [0.15, 0.2) is 0 Å². The first-order chi connectivity index (χ1) is 11.2. The molecule has 0 aliphatic carbocycles. The van der Waals surface area contributed by atoms with Gasteiger partial charge >= 0.3 is 0 Å². The van der Waals surface area contributed by atoms with Gasteiger partial charge in [-0.25, -0.2) is 0 Å². The molecule has 0 aliphatic rings. The summed E-state index contributed by atoms with van der Waals surface area (Å²) in [4.78, 5) is 0.714. The van der Waals surface area contributed by atoms with Gasteiger partial charge in [0.1, 0.15) is 5.76 Å². The Morgan fingerprint density at radius 1 is 1.00 bits per heavy atom. The van der Waals surface area contributed by atoms with Crippen LogP contribution in [0.15, 0.2) is 75.2 Å². The third kappa shape index (κ3) is 4.72. The molecule has 0 radical (unpaired) electrons. The number of allylic oxidation sites excluding steroid dienone is 1. The smallest absolute Gasteiger partial charge is 0.281 e. The van der Waals surface area contributed by atoms with Gasteiger partial charge in [0, 0.05) is 10.5 Å². The molecule has 2 aromatic carbocycles. The van der Waals surface area contributed by atoms with Gasteiger partial charge < -0.3 is 9.52 Å². The van der Waals surface area contributed by atoms with Crippen LogP contribution >= 0.6 is 28.7 Å². The van der Waals surface area contributed by atoms with E-state index in [0.29, 0.717) is 22.4 Å². The molecule has 0 saturated heterocycles. The third-order valence-corrected chi connectivity index (χ3v) is 4.11. The van der Waals surface area contributed by atoms with E-state index in [9.17, 15) is 5.11 Å². The van der Waals surface area contributed by atoms with Gasteiger partial charge in [0.05, 0.1) is 6.42 Å². The number of nitrogens with zero attached hydrogens (tertiary/aromatic N) is 2. The van der Waals surface area contributed by atoms with Gasteiger partial charge in [-0.05, 0) is 24.2 Å². The Labute approximate surface area is 155 Å². The van der Waals surface area contributed by atoms with E-state index < -0.39 is 0 Å². The zero-order chi connectivity index (χ0) is 16.1.